The summed E-state index contributed by atoms with van der Waals surface area (Å²) in [6, 6.07) is 7.35. The molecule has 8 heteroatoms. The molecule has 3 N–H and O–H groups in total. The highest BCUT2D eigenvalue weighted by atomic mass is 16.5. The van der Waals surface area contributed by atoms with Gasteiger partial charge in [0.2, 0.25) is 0 Å². The van der Waals surface area contributed by atoms with Crippen LogP contribution in [-0.4, -0.2) is 35.0 Å². The van der Waals surface area contributed by atoms with Crippen molar-refractivity contribution in [3.8, 4) is 0 Å². The smallest absolute Gasteiger partial charge is 0.355 e. The second-order valence-electron chi connectivity index (χ2n) is 6.94. The number of hydrogen-bond acceptors (Lipinski definition) is 5. The second kappa shape index (κ2) is 8.69. The van der Waals surface area contributed by atoms with Crippen molar-refractivity contribution in [1.82, 2.24) is 15.6 Å². The van der Waals surface area contributed by atoms with Crippen molar-refractivity contribution in [1.29, 1.82) is 0 Å². The maximum Gasteiger partial charge on any atom is 0.355 e. The minimum Gasteiger partial charge on any atom is -0.448 e. The van der Waals surface area contributed by atoms with Gasteiger partial charge in [-0.25, -0.2) is 9.59 Å². The lowest BCUT2D eigenvalue weighted by Crippen LogP contribution is -2.48. The predicted octanol–water partition coefficient (Wildman–Crippen LogP) is 2.23. The summed E-state index contributed by atoms with van der Waals surface area (Å²) in [7, 11) is 0. The number of rotatable bonds is 4. The Morgan fingerprint density at radius 1 is 1.14 bits per heavy atom. The van der Waals surface area contributed by atoms with Gasteiger partial charge in [0.25, 0.3) is 5.91 Å². The van der Waals surface area contributed by atoms with Crippen LogP contribution in [-0.2, 0) is 9.53 Å². The minimum atomic E-state index is -1.19. The standard InChI is InChI=1S/C20H23N3O5/c1-12(18(25)23-20(27)21-13-7-3-2-4-8-13)28-19(26)16-11-17(24)14-9-5-6-10-15(14)22-16/h5-6,9-13H,2-4,7-8H2,1H3,(H,22,24)(H2,21,23,25,27)/t12-/m1/s1. The van der Waals surface area contributed by atoms with E-state index in [1.165, 1.54) is 6.92 Å². The van der Waals surface area contributed by atoms with Crippen LogP contribution in [0.5, 0.6) is 0 Å². The van der Waals surface area contributed by atoms with Crippen molar-refractivity contribution in [2.75, 3.05) is 0 Å². The number of ether oxygens (including phenoxy) is 1. The zero-order valence-electron chi connectivity index (χ0n) is 15.6. The quantitative estimate of drug-likeness (QED) is 0.698. The van der Waals surface area contributed by atoms with Gasteiger partial charge in [0, 0.05) is 23.0 Å². The maximum absolute atomic E-state index is 12.3. The molecule has 28 heavy (non-hydrogen) atoms. The highest BCUT2D eigenvalue weighted by molar-refractivity contribution is 5.98. The molecule has 1 aromatic carbocycles. The number of carbonyl (C=O) groups is 3. The summed E-state index contributed by atoms with van der Waals surface area (Å²) in [4.78, 5) is 51.3. The maximum atomic E-state index is 12.3. The van der Waals surface area contributed by atoms with Gasteiger partial charge in [0.15, 0.2) is 11.5 Å². The fraction of sp³-hybridized carbons (Fsp3) is 0.400. The topological polar surface area (TPSA) is 117 Å². The summed E-state index contributed by atoms with van der Waals surface area (Å²) in [5.41, 5.74) is 0.103. The van der Waals surface area contributed by atoms with E-state index in [-0.39, 0.29) is 17.2 Å². The number of carbonyl (C=O) groups excluding carboxylic acids is 3. The van der Waals surface area contributed by atoms with Crippen molar-refractivity contribution in [3.63, 3.8) is 0 Å². The van der Waals surface area contributed by atoms with Crippen LogP contribution in [0.2, 0.25) is 0 Å². The lowest BCUT2D eigenvalue weighted by atomic mass is 9.96. The van der Waals surface area contributed by atoms with Crippen molar-refractivity contribution < 1.29 is 19.1 Å². The fourth-order valence-electron chi connectivity index (χ4n) is 3.27. The van der Waals surface area contributed by atoms with E-state index in [1.54, 1.807) is 24.3 Å². The van der Waals surface area contributed by atoms with Crippen LogP contribution in [0.25, 0.3) is 10.9 Å². The number of nitrogens with one attached hydrogen (secondary N) is 3. The van der Waals surface area contributed by atoms with Crippen LogP contribution >= 0.6 is 0 Å². The van der Waals surface area contributed by atoms with Crippen molar-refractivity contribution in [2.45, 2.75) is 51.2 Å². The van der Waals surface area contributed by atoms with Gasteiger partial charge in [-0.1, -0.05) is 31.4 Å². The Labute approximate surface area is 161 Å². The molecule has 148 valence electrons. The van der Waals surface area contributed by atoms with Crippen LogP contribution in [0.4, 0.5) is 4.79 Å². The lowest BCUT2D eigenvalue weighted by Gasteiger charge is -2.23. The summed E-state index contributed by atoms with van der Waals surface area (Å²) in [6.45, 7) is 1.36. The summed E-state index contributed by atoms with van der Waals surface area (Å²) in [5, 5.41) is 5.39. The molecule has 2 aromatic rings. The van der Waals surface area contributed by atoms with Gasteiger partial charge in [0.1, 0.15) is 5.69 Å². The number of para-hydroxylation sites is 1. The molecule has 0 spiro atoms. The van der Waals surface area contributed by atoms with Crippen LogP contribution in [0.15, 0.2) is 35.1 Å². The molecule has 1 aliphatic rings. The first-order valence-corrected chi connectivity index (χ1v) is 9.38. The SMILES string of the molecule is C[C@@H](OC(=O)c1cc(=O)c2ccccc2[nH]1)C(=O)NC(=O)NC1CCCCC1. The van der Waals surface area contributed by atoms with Crippen molar-refractivity contribution >= 4 is 28.8 Å². The number of pyridine rings is 1. The Hall–Kier alpha value is -3.16. The molecule has 1 atom stereocenters. The third-order valence-corrected chi connectivity index (χ3v) is 4.79. The first kappa shape index (κ1) is 19.6. The number of fused-ring (bicyclic) bond motifs is 1. The molecular formula is C20H23N3O5. The number of H-pyrrole nitrogens is 1. The summed E-state index contributed by atoms with van der Waals surface area (Å²) < 4.78 is 5.09. The molecule has 3 rings (SSSR count). The second-order valence-corrected chi connectivity index (χ2v) is 6.94. The van der Waals surface area contributed by atoms with Gasteiger partial charge in [-0.15, -0.1) is 0 Å². The highest BCUT2D eigenvalue weighted by Gasteiger charge is 2.23. The number of aromatic nitrogens is 1. The van der Waals surface area contributed by atoms with E-state index >= 15 is 0 Å². The lowest BCUT2D eigenvalue weighted by molar-refractivity contribution is -0.127. The monoisotopic (exact) mass is 385 g/mol. The zero-order valence-corrected chi connectivity index (χ0v) is 15.6. The summed E-state index contributed by atoms with van der Waals surface area (Å²) in [5.74, 6) is -1.58. The first-order valence-electron chi connectivity index (χ1n) is 9.38. The number of aromatic amines is 1. The summed E-state index contributed by atoms with van der Waals surface area (Å²) in [6.07, 6.45) is 3.85. The van der Waals surface area contributed by atoms with Crippen LogP contribution in [0, 0.1) is 0 Å². The van der Waals surface area contributed by atoms with Crippen LogP contribution in [0.1, 0.15) is 49.5 Å². The Bertz CT molecular complexity index is 946. The van der Waals surface area contributed by atoms with E-state index in [4.69, 9.17) is 4.74 Å². The molecule has 0 unspecified atom stereocenters. The number of hydrogen-bond donors (Lipinski definition) is 3. The van der Waals surface area contributed by atoms with Crippen molar-refractivity contribution in [2.24, 2.45) is 0 Å². The van der Waals surface area contributed by atoms with E-state index in [9.17, 15) is 19.2 Å². The van der Waals surface area contributed by atoms with E-state index in [2.05, 4.69) is 15.6 Å². The number of urea groups is 1. The van der Waals surface area contributed by atoms with Gasteiger partial charge < -0.3 is 15.0 Å². The zero-order chi connectivity index (χ0) is 20.1. The van der Waals surface area contributed by atoms with Gasteiger partial charge in [-0.2, -0.15) is 0 Å². The Kier molecular flexibility index (Phi) is 6.08. The molecule has 0 radical (unpaired) electrons. The molecule has 8 nitrogen and oxygen atoms in total. The van der Waals surface area contributed by atoms with Crippen LogP contribution in [0.3, 0.4) is 0 Å². The molecule has 1 fully saturated rings. The van der Waals surface area contributed by atoms with E-state index in [0.29, 0.717) is 10.9 Å². The normalized spacial score (nSPS) is 15.6. The molecule has 0 bridgehead atoms. The molecule has 0 aliphatic heterocycles. The molecule has 1 saturated carbocycles. The Morgan fingerprint density at radius 2 is 1.86 bits per heavy atom. The predicted molar refractivity (Wildman–Crippen MR) is 103 cm³/mol. The van der Waals surface area contributed by atoms with Crippen molar-refractivity contribution in [3.05, 3.63) is 46.2 Å². The summed E-state index contributed by atoms with van der Waals surface area (Å²) >= 11 is 0. The minimum absolute atomic E-state index is 0.0575. The average Bonchev–Trinajstić information content (AvgIpc) is 2.68. The average molecular weight is 385 g/mol. The largest absolute Gasteiger partial charge is 0.448 e. The molecule has 1 aromatic heterocycles. The van der Waals surface area contributed by atoms with E-state index < -0.39 is 24.0 Å². The molecule has 0 saturated heterocycles. The third-order valence-electron chi connectivity index (χ3n) is 4.79. The van der Waals surface area contributed by atoms with Gasteiger partial charge in [-0.3, -0.25) is 14.9 Å². The van der Waals surface area contributed by atoms with E-state index in [1.807, 2.05) is 0 Å². The molecular weight excluding hydrogens is 362 g/mol. The van der Waals surface area contributed by atoms with Gasteiger partial charge >= 0.3 is 12.0 Å². The van der Waals surface area contributed by atoms with Crippen LogP contribution < -0.4 is 16.1 Å². The van der Waals surface area contributed by atoms with Gasteiger partial charge in [-0.05, 0) is 31.9 Å². The molecule has 1 aliphatic carbocycles. The number of benzene rings is 1. The van der Waals surface area contributed by atoms with Gasteiger partial charge in [0.05, 0.1) is 0 Å². The number of amides is 3. The number of imide groups is 1. The molecule has 3 amide bonds. The number of esters is 1. The highest BCUT2D eigenvalue weighted by Crippen LogP contribution is 2.17. The molecule has 1 heterocycles. The third kappa shape index (κ3) is 4.76. The fourth-order valence-corrected chi connectivity index (χ4v) is 3.27. The van der Waals surface area contributed by atoms with E-state index in [0.717, 1.165) is 38.2 Å². The Morgan fingerprint density at radius 3 is 2.61 bits per heavy atom. The Balaban J connectivity index is 1.58. The first-order chi connectivity index (χ1) is 13.4.